The van der Waals surface area contributed by atoms with Crippen LogP contribution in [0, 0.1) is 0 Å². The van der Waals surface area contributed by atoms with Crippen LogP contribution in [0.5, 0.6) is 0 Å². The van der Waals surface area contributed by atoms with Crippen LogP contribution in [0.15, 0.2) is 18.3 Å². The van der Waals surface area contributed by atoms with Gasteiger partial charge < -0.3 is 4.57 Å². The number of carbonyl (C=O) groups is 1. The number of hydrogen-bond acceptors (Lipinski definition) is 3. The van der Waals surface area contributed by atoms with Crippen molar-refractivity contribution in [3.63, 3.8) is 0 Å². The molecule has 0 aliphatic carbocycles. The quantitative estimate of drug-likeness (QED) is 0.650. The maximum absolute atomic E-state index is 10.9. The van der Waals surface area contributed by atoms with E-state index >= 15 is 0 Å². The van der Waals surface area contributed by atoms with E-state index in [9.17, 15) is 4.79 Å². The Morgan fingerprint density at radius 3 is 2.33 bits per heavy atom. The van der Waals surface area contributed by atoms with Crippen LogP contribution in [-0.4, -0.2) is 25.4 Å². The second-order valence-electron chi connectivity index (χ2n) is 4.44. The lowest BCUT2D eigenvalue weighted by molar-refractivity contribution is 0.108. The highest BCUT2D eigenvalue weighted by molar-refractivity contribution is 7.97. The van der Waals surface area contributed by atoms with Crippen LogP contribution in [0.4, 0.5) is 5.69 Å². The van der Waals surface area contributed by atoms with E-state index in [1.165, 1.54) is 0 Å². The Labute approximate surface area is 97.0 Å². The minimum Gasteiger partial charge on any atom is -0.399 e. The zero-order chi connectivity index (χ0) is 11.6. The summed E-state index contributed by atoms with van der Waals surface area (Å²) in [6.07, 6.45) is 1.72. The number of carbonyl (C=O) groups excluding carboxylic acids is 1. The lowest BCUT2D eigenvalue weighted by atomic mass is 10.3. The van der Waals surface area contributed by atoms with Crippen molar-refractivity contribution in [1.29, 1.82) is 0 Å². The number of rotatable bonds is 3. The third kappa shape index (κ3) is 3.07. The Morgan fingerprint density at radius 1 is 1.40 bits per heavy atom. The van der Waals surface area contributed by atoms with E-state index < -0.39 is 8.24 Å². The molecule has 1 aromatic rings. The van der Waals surface area contributed by atoms with E-state index in [-0.39, 0.29) is 5.12 Å². The van der Waals surface area contributed by atoms with E-state index in [0.717, 1.165) is 5.69 Å². The van der Waals surface area contributed by atoms with Crippen LogP contribution in [0.1, 0.15) is 10.5 Å². The van der Waals surface area contributed by atoms with Gasteiger partial charge in [0.15, 0.2) is 0 Å². The molecule has 1 rings (SSSR count). The van der Waals surface area contributed by atoms with Crippen molar-refractivity contribution in [2.24, 2.45) is 0 Å². The molecule has 3 nitrogen and oxygen atoms in total. The van der Waals surface area contributed by atoms with E-state index in [4.69, 9.17) is 0 Å². The second kappa shape index (κ2) is 4.36. The van der Waals surface area contributed by atoms with Crippen molar-refractivity contribution in [3.8, 4) is 0 Å². The van der Waals surface area contributed by atoms with Gasteiger partial charge >= 0.3 is 0 Å². The summed E-state index contributed by atoms with van der Waals surface area (Å²) in [5.41, 5.74) is 1.44. The van der Waals surface area contributed by atoms with E-state index in [2.05, 4.69) is 48.9 Å². The third-order valence-electron chi connectivity index (χ3n) is 2.36. The molecule has 82 valence electrons. The molecular weight excluding hydrogens is 224 g/mol. The summed E-state index contributed by atoms with van der Waals surface area (Å²) in [4.78, 5) is 15.0. The smallest absolute Gasteiger partial charge is 0.234 e. The molecule has 0 spiro atoms. The molecule has 0 aliphatic heterocycles. The molecule has 0 fully saturated rings. The van der Waals surface area contributed by atoms with Crippen molar-refractivity contribution in [3.05, 3.63) is 24.0 Å². The Kier molecular flexibility index (Phi) is 3.57. The fourth-order valence-electron chi connectivity index (χ4n) is 1.10. The van der Waals surface area contributed by atoms with Gasteiger partial charge in [-0.3, -0.25) is 9.78 Å². The topological polar surface area (TPSA) is 33.2 Å². The molecule has 0 aromatic carbocycles. The summed E-state index contributed by atoms with van der Waals surface area (Å²) < 4.78 is 2.24. The van der Waals surface area contributed by atoms with Crippen molar-refractivity contribution in [2.45, 2.75) is 19.6 Å². The number of pyridine rings is 1. The molecule has 15 heavy (non-hydrogen) atoms. The lowest BCUT2D eigenvalue weighted by Gasteiger charge is -2.31. The van der Waals surface area contributed by atoms with Crippen LogP contribution < -0.4 is 4.57 Å². The van der Waals surface area contributed by atoms with E-state index in [1.807, 2.05) is 6.07 Å². The van der Waals surface area contributed by atoms with Crippen molar-refractivity contribution < 1.29 is 4.79 Å². The molecule has 0 saturated carbocycles. The molecule has 0 bridgehead atoms. The van der Waals surface area contributed by atoms with E-state index in [0.29, 0.717) is 5.69 Å². The number of thiol groups is 1. The summed E-state index contributed by atoms with van der Waals surface area (Å²) in [7, 11) is 0.704. The summed E-state index contributed by atoms with van der Waals surface area (Å²) in [5, 5.41) is -0.294. The van der Waals surface area contributed by atoms with Crippen molar-refractivity contribution in [1.82, 2.24) is 4.98 Å². The predicted molar refractivity (Wildman–Crippen MR) is 69.3 cm³/mol. The zero-order valence-electron chi connectivity index (χ0n) is 9.48. The standard InChI is InChI=1S/C10H16N2OSSi/c1-12(15(2,3)4)8-5-6-9(10(13)14)11-7-8/h5-7H,1-4H3,(H,13,14). The fraction of sp³-hybridized carbons (Fsp3) is 0.400. The molecule has 0 amide bonds. The number of anilines is 1. The largest absolute Gasteiger partial charge is 0.399 e. The molecule has 0 unspecified atom stereocenters. The summed E-state index contributed by atoms with van der Waals surface area (Å²) >= 11 is 3.72. The van der Waals surface area contributed by atoms with Gasteiger partial charge in [-0.05, 0) is 19.2 Å². The number of nitrogens with zero attached hydrogens (tertiary/aromatic N) is 2. The van der Waals surface area contributed by atoms with Crippen LogP contribution in [-0.2, 0) is 0 Å². The highest BCUT2D eigenvalue weighted by Crippen LogP contribution is 2.18. The molecule has 1 heterocycles. The minimum absolute atomic E-state index is 0.294. The molecule has 0 radical (unpaired) electrons. The van der Waals surface area contributed by atoms with Crippen LogP contribution >= 0.6 is 12.6 Å². The Balaban J connectivity index is 2.94. The zero-order valence-corrected chi connectivity index (χ0v) is 11.4. The summed E-state index contributed by atoms with van der Waals surface area (Å²) in [5.74, 6) is 0. The van der Waals surface area contributed by atoms with Crippen molar-refractivity contribution >= 4 is 31.7 Å². The van der Waals surface area contributed by atoms with Crippen molar-refractivity contribution in [2.75, 3.05) is 11.6 Å². The maximum atomic E-state index is 10.9. The predicted octanol–water partition coefficient (Wildman–Crippen LogP) is 2.42. The summed E-state index contributed by atoms with van der Waals surface area (Å²) in [6, 6.07) is 3.62. The average molecular weight is 240 g/mol. The average Bonchev–Trinajstić information content (AvgIpc) is 2.15. The van der Waals surface area contributed by atoms with Gasteiger partial charge in [-0.2, -0.15) is 0 Å². The Bertz CT molecular complexity index is 359. The highest BCUT2D eigenvalue weighted by atomic mass is 32.1. The second-order valence-corrected chi connectivity index (χ2v) is 9.86. The highest BCUT2D eigenvalue weighted by Gasteiger charge is 2.20. The molecular formula is C10H16N2OSSi. The van der Waals surface area contributed by atoms with Gasteiger partial charge in [0.25, 0.3) is 0 Å². The first kappa shape index (κ1) is 12.3. The van der Waals surface area contributed by atoms with Crippen LogP contribution in [0.25, 0.3) is 0 Å². The van der Waals surface area contributed by atoms with Crippen LogP contribution in [0.3, 0.4) is 0 Å². The minimum atomic E-state index is -1.36. The van der Waals surface area contributed by atoms with Gasteiger partial charge in [0.1, 0.15) is 13.9 Å². The monoisotopic (exact) mass is 240 g/mol. The summed E-state index contributed by atoms with van der Waals surface area (Å²) in [6.45, 7) is 6.76. The first-order valence-corrected chi connectivity index (χ1v) is 8.65. The molecule has 5 heteroatoms. The van der Waals surface area contributed by atoms with Gasteiger partial charge in [-0.15, -0.1) is 0 Å². The first-order chi connectivity index (χ1) is 6.82. The Morgan fingerprint density at radius 2 is 2.00 bits per heavy atom. The third-order valence-corrected chi connectivity index (χ3v) is 4.86. The van der Waals surface area contributed by atoms with Gasteiger partial charge in [0, 0.05) is 5.69 Å². The number of aromatic nitrogens is 1. The van der Waals surface area contributed by atoms with Gasteiger partial charge in [-0.25, -0.2) is 0 Å². The van der Waals surface area contributed by atoms with Gasteiger partial charge in [-0.1, -0.05) is 32.3 Å². The van der Waals surface area contributed by atoms with Crippen LogP contribution in [0.2, 0.25) is 19.6 Å². The van der Waals surface area contributed by atoms with Gasteiger partial charge in [0.05, 0.1) is 6.20 Å². The SMILES string of the molecule is CN(c1ccc(C(=O)S)nc1)[Si](C)(C)C. The first-order valence-electron chi connectivity index (χ1n) is 4.75. The normalized spacial score (nSPS) is 11.3. The fourth-order valence-corrected chi connectivity index (χ4v) is 2.14. The lowest BCUT2D eigenvalue weighted by Crippen LogP contribution is -2.43. The Hall–Kier alpha value is -0.813. The molecule has 0 N–H and O–H groups in total. The maximum Gasteiger partial charge on any atom is 0.234 e. The van der Waals surface area contributed by atoms with Gasteiger partial charge in [0.2, 0.25) is 5.12 Å². The van der Waals surface area contributed by atoms with E-state index in [1.54, 1.807) is 12.3 Å². The molecule has 0 atom stereocenters. The molecule has 1 aromatic heterocycles. The number of hydrogen-bond donors (Lipinski definition) is 1. The molecule has 0 saturated heterocycles. The molecule has 0 aliphatic rings.